The van der Waals surface area contributed by atoms with E-state index in [0.717, 1.165) is 5.76 Å². The summed E-state index contributed by atoms with van der Waals surface area (Å²) < 4.78 is 5.26. The van der Waals surface area contributed by atoms with Gasteiger partial charge in [0.05, 0.1) is 6.54 Å². The Bertz CT molecular complexity index is 363. The van der Waals surface area contributed by atoms with E-state index in [1.54, 1.807) is 12.1 Å². The Hall–Kier alpha value is -1.29. The summed E-state index contributed by atoms with van der Waals surface area (Å²) in [6.07, 6.45) is -0.792. The molecule has 1 amide bonds. The standard InChI is InChI=1S/C12H19NO3/c1-8-5-6-10(16-8)9(14)7-13-11(15)12(2,3)4/h5-6,9,14H,7H2,1-4H3,(H,13,15)/t9-/m1/s1. The Labute approximate surface area is 95.7 Å². The second-order valence-corrected chi connectivity index (χ2v) is 4.92. The summed E-state index contributed by atoms with van der Waals surface area (Å²) >= 11 is 0. The lowest BCUT2D eigenvalue weighted by Crippen LogP contribution is -2.37. The van der Waals surface area contributed by atoms with Crippen LogP contribution in [0.1, 0.15) is 38.4 Å². The molecule has 1 aromatic rings. The maximum absolute atomic E-state index is 11.6. The highest BCUT2D eigenvalue weighted by Crippen LogP contribution is 2.16. The van der Waals surface area contributed by atoms with Crippen LogP contribution in [-0.2, 0) is 4.79 Å². The van der Waals surface area contributed by atoms with Gasteiger partial charge in [-0.2, -0.15) is 0 Å². The van der Waals surface area contributed by atoms with Gasteiger partial charge in [-0.05, 0) is 19.1 Å². The van der Waals surface area contributed by atoms with Crippen molar-refractivity contribution in [3.8, 4) is 0 Å². The summed E-state index contributed by atoms with van der Waals surface area (Å²) in [5.74, 6) is 1.14. The molecule has 0 spiro atoms. The van der Waals surface area contributed by atoms with Gasteiger partial charge in [0.15, 0.2) is 0 Å². The molecule has 0 saturated carbocycles. The van der Waals surface area contributed by atoms with Crippen molar-refractivity contribution in [2.24, 2.45) is 5.41 Å². The molecule has 90 valence electrons. The van der Waals surface area contributed by atoms with Crippen LogP contribution in [0.2, 0.25) is 0 Å². The molecule has 0 aliphatic carbocycles. The molecule has 2 N–H and O–H groups in total. The molecule has 0 radical (unpaired) electrons. The van der Waals surface area contributed by atoms with Gasteiger partial charge in [0, 0.05) is 5.41 Å². The van der Waals surface area contributed by atoms with E-state index in [1.807, 2.05) is 27.7 Å². The van der Waals surface area contributed by atoms with Crippen LogP contribution in [0, 0.1) is 12.3 Å². The number of rotatable bonds is 3. The minimum Gasteiger partial charge on any atom is -0.464 e. The fraction of sp³-hybridized carbons (Fsp3) is 0.583. The Morgan fingerprint density at radius 1 is 1.50 bits per heavy atom. The molecular formula is C12H19NO3. The number of nitrogens with one attached hydrogen (secondary N) is 1. The summed E-state index contributed by atoms with van der Waals surface area (Å²) in [6.45, 7) is 7.45. The maximum atomic E-state index is 11.6. The lowest BCUT2D eigenvalue weighted by atomic mass is 9.95. The van der Waals surface area contributed by atoms with E-state index in [1.165, 1.54) is 0 Å². The van der Waals surface area contributed by atoms with Gasteiger partial charge in [-0.3, -0.25) is 4.79 Å². The molecule has 0 aliphatic rings. The smallest absolute Gasteiger partial charge is 0.225 e. The first-order valence-corrected chi connectivity index (χ1v) is 5.33. The van der Waals surface area contributed by atoms with E-state index in [4.69, 9.17) is 4.42 Å². The second kappa shape index (κ2) is 4.70. The Morgan fingerprint density at radius 2 is 2.12 bits per heavy atom. The fourth-order valence-electron chi connectivity index (χ4n) is 1.19. The van der Waals surface area contributed by atoms with Crippen LogP contribution in [0.4, 0.5) is 0 Å². The van der Waals surface area contributed by atoms with Crippen molar-refractivity contribution in [1.29, 1.82) is 0 Å². The highest BCUT2D eigenvalue weighted by Gasteiger charge is 2.22. The predicted octanol–water partition coefficient (Wildman–Crippen LogP) is 1.78. The molecule has 0 aliphatic heterocycles. The number of aliphatic hydroxyl groups is 1. The molecule has 1 heterocycles. The van der Waals surface area contributed by atoms with Crippen LogP contribution in [0.25, 0.3) is 0 Å². The van der Waals surface area contributed by atoms with Crippen molar-refractivity contribution in [3.63, 3.8) is 0 Å². The first kappa shape index (κ1) is 12.8. The van der Waals surface area contributed by atoms with E-state index in [9.17, 15) is 9.90 Å². The zero-order valence-corrected chi connectivity index (χ0v) is 10.2. The number of aryl methyl sites for hydroxylation is 1. The highest BCUT2D eigenvalue weighted by molar-refractivity contribution is 5.81. The SMILES string of the molecule is Cc1ccc([C@H](O)CNC(=O)C(C)(C)C)o1. The number of hydrogen-bond acceptors (Lipinski definition) is 3. The van der Waals surface area contributed by atoms with Crippen LogP contribution in [0.5, 0.6) is 0 Å². The summed E-state index contributed by atoms with van der Waals surface area (Å²) in [5, 5.41) is 12.4. The first-order chi connectivity index (χ1) is 7.30. The normalized spacial score (nSPS) is 13.6. The monoisotopic (exact) mass is 225 g/mol. The van der Waals surface area contributed by atoms with Crippen LogP contribution >= 0.6 is 0 Å². The van der Waals surface area contributed by atoms with Crippen molar-refractivity contribution in [2.75, 3.05) is 6.54 Å². The van der Waals surface area contributed by atoms with Gasteiger partial charge in [0.25, 0.3) is 0 Å². The van der Waals surface area contributed by atoms with E-state index in [-0.39, 0.29) is 12.5 Å². The Kier molecular flexibility index (Phi) is 3.75. The largest absolute Gasteiger partial charge is 0.464 e. The van der Waals surface area contributed by atoms with Crippen LogP contribution in [0.3, 0.4) is 0 Å². The lowest BCUT2D eigenvalue weighted by Gasteiger charge is -2.18. The van der Waals surface area contributed by atoms with Crippen LogP contribution in [-0.4, -0.2) is 17.6 Å². The van der Waals surface area contributed by atoms with Crippen molar-refractivity contribution >= 4 is 5.91 Å². The van der Waals surface area contributed by atoms with E-state index in [2.05, 4.69) is 5.32 Å². The average molecular weight is 225 g/mol. The third kappa shape index (κ3) is 3.38. The summed E-state index contributed by atoms with van der Waals surface area (Å²) in [7, 11) is 0. The minimum atomic E-state index is -0.792. The summed E-state index contributed by atoms with van der Waals surface area (Å²) in [6, 6.07) is 3.49. The molecule has 1 atom stereocenters. The fourth-order valence-corrected chi connectivity index (χ4v) is 1.19. The zero-order valence-electron chi connectivity index (χ0n) is 10.2. The van der Waals surface area contributed by atoms with Gasteiger partial charge in [-0.25, -0.2) is 0 Å². The van der Waals surface area contributed by atoms with Crippen molar-refractivity contribution in [3.05, 3.63) is 23.7 Å². The molecule has 0 unspecified atom stereocenters. The number of carbonyl (C=O) groups is 1. The molecule has 0 fully saturated rings. The third-order valence-electron chi connectivity index (χ3n) is 2.23. The maximum Gasteiger partial charge on any atom is 0.225 e. The Morgan fingerprint density at radius 3 is 2.56 bits per heavy atom. The number of hydrogen-bond donors (Lipinski definition) is 2. The number of carbonyl (C=O) groups excluding carboxylic acids is 1. The molecule has 1 rings (SSSR count). The van der Waals surface area contributed by atoms with Gasteiger partial charge in [0.1, 0.15) is 17.6 Å². The van der Waals surface area contributed by atoms with Gasteiger partial charge < -0.3 is 14.8 Å². The van der Waals surface area contributed by atoms with Gasteiger partial charge >= 0.3 is 0 Å². The molecular weight excluding hydrogens is 206 g/mol. The van der Waals surface area contributed by atoms with Gasteiger partial charge in [-0.1, -0.05) is 20.8 Å². The number of amides is 1. The second-order valence-electron chi connectivity index (χ2n) is 4.92. The van der Waals surface area contributed by atoms with Crippen molar-refractivity contribution in [2.45, 2.75) is 33.8 Å². The minimum absolute atomic E-state index is 0.0881. The molecule has 0 aromatic carbocycles. The molecule has 16 heavy (non-hydrogen) atoms. The zero-order chi connectivity index (χ0) is 12.3. The van der Waals surface area contributed by atoms with E-state index >= 15 is 0 Å². The first-order valence-electron chi connectivity index (χ1n) is 5.33. The number of aliphatic hydroxyl groups excluding tert-OH is 1. The highest BCUT2D eigenvalue weighted by atomic mass is 16.4. The quantitative estimate of drug-likeness (QED) is 0.824. The van der Waals surface area contributed by atoms with Gasteiger partial charge in [0.2, 0.25) is 5.91 Å². The molecule has 0 saturated heterocycles. The lowest BCUT2D eigenvalue weighted by molar-refractivity contribution is -0.129. The van der Waals surface area contributed by atoms with Crippen LogP contribution < -0.4 is 5.32 Å². The average Bonchev–Trinajstić information content (AvgIpc) is 2.59. The van der Waals surface area contributed by atoms with E-state index in [0.29, 0.717) is 5.76 Å². The molecule has 0 bridgehead atoms. The molecule has 4 nitrogen and oxygen atoms in total. The summed E-state index contributed by atoms with van der Waals surface area (Å²) in [4.78, 5) is 11.6. The third-order valence-corrected chi connectivity index (χ3v) is 2.23. The topological polar surface area (TPSA) is 62.5 Å². The Balaban J connectivity index is 2.48. The molecule has 1 aromatic heterocycles. The van der Waals surface area contributed by atoms with Crippen LogP contribution in [0.15, 0.2) is 16.5 Å². The van der Waals surface area contributed by atoms with Crippen molar-refractivity contribution in [1.82, 2.24) is 5.32 Å². The van der Waals surface area contributed by atoms with Crippen molar-refractivity contribution < 1.29 is 14.3 Å². The van der Waals surface area contributed by atoms with Gasteiger partial charge in [-0.15, -0.1) is 0 Å². The number of furan rings is 1. The predicted molar refractivity (Wildman–Crippen MR) is 60.9 cm³/mol. The van der Waals surface area contributed by atoms with E-state index < -0.39 is 11.5 Å². The molecule has 4 heteroatoms. The summed E-state index contributed by atoms with van der Waals surface area (Å²) in [5.41, 5.74) is -0.446.